The Bertz CT molecular complexity index is 1020. The van der Waals surface area contributed by atoms with E-state index in [2.05, 4.69) is 16.0 Å². The van der Waals surface area contributed by atoms with Crippen molar-refractivity contribution < 1.29 is 9.53 Å². The Morgan fingerprint density at radius 2 is 1.68 bits per heavy atom. The van der Waals surface area contributed by atoms with Gasteiger partial charge >= 0.3 is 5.97 Å². The van der Waals surface area contributed by atoms with Gasteiger partial charge in [-0.05, 0) is 30.5 Å². The van der Waals surface area contributed by atoms with Crippen LogP contribution >= 0.6 is 0 Å². The molecule has 1 unspecified atom stereocenters. The third kappa shape index (κ3) is 3.65. The Balaban J connectivity index is 1.67. The molecule has 0 radical (unpaired) electrons. The Kier molecular flexibility index (Phi) is 5.16. The number of esters is 1. The predicted octanol–water partition coefficient (Wildman–Crippen LogP) is 3.58. The van der Waals surface area contributed by atoms with E-state index in [0.717, 1.165) is 37.0 Å². The number of anilines is 1. The van der Waals surface area contributed by atoms with Crippen LogP contribution < -0.4 is 4.90 Å². The molecule has 6 heteroatoms. The van der Waals surface area contributed by atoms with Crippen molar-refractivity contribution in [2.45, 2.75) is 25.4 Å². The highest BCUT2D eigenvalue weighted by molar-refractivity contribution is 5.85. The van der Waals surface area contributed by atoms with Gasteiger partial charge in [-0.2, -0.15) is 5.26 Å². The molecular formula is C22H20N4O2. The van der Waals surface area contributed by atoms with E-state index in [4.69, 9.17) is 9.72 Å². The lowest BCUT2D eigenvalue weighted by molar-refractivity contribution is -0.145. The fraction of sp³-hybridized carbons (Fsp3) is 0.273. The van der Waals surface area contributed by atoms with E-state index in [9.17, 15) is 10.1 Å². The number of nitrogens with zero attached hydrogens (tertiary/aromatic N) is 4. The topological polar surface area (TPSA) is 79.1 Å². The van der Waals surface area contributed by atoms with Gasteiger partial charge in [-0.25, -0.2) is 9.97 Å². The van der Waals surface area contributed by atoms with E-state index < -0.39 is 11.9 Å². The summed E-state index contributed by atoms with van der Waals surface area (Å²) in [5.41, 5.74) is 2.66. The Morgan fingerprint density at radius 1 is 1.04 bits per heavy atom. The molecule has 0 amide bonds. The minimum absolute atomic E-state index is 0.123. The van der Waals surface area contributed by atoms with Crippen LogP contribution in [0.15, 0.2) is 54.6 Å². The summed E-state index contributed by atoms with van der Waals surface area (Å²) >= 11 is 0. The van der Waals surface area contributed by atoms with Crippen molar-refractivity contribution in [2.75, 3.05) is 18.0 Å². The molecule has 1 aliphatic rings. The second-order valence-electron chi connectivity index (χ2n) is 6.77. The van der Waals surface area contributed by atoms with Gasteiger partial charge in [0, 0.05) is 13.1 Å². The average Bonchev–Trinajstić information content (AvgIpc) is 3.28. The van der Waals surface area contributed by atoms with Gasteiger partial charge in [0.1, 0.15) is 12.3 Å². The number of hydrogen-bond donors (Lipinski definition) is 0. The van der Waals surface area contributed by atoms with Crippen molar-refractivity contribution in [3.8, 4) is 6.07 Å². The monoisotopic (exact) mass is 372 g/mol. The van der Waals surface area contributed by atoms with Gasteiger partial charge in [0.15, 0.2) is 11.7 Å². The normalized spacial score (nSPS) is 14.6. The molecular weight excluding hydrogens is 352 g/mol. The van der Waals surface area contributed by atoms with E-state index in [1.54, 1.807) is 0 Å². The van der Waals surface area contributed by atoms with Crippen molar-refractivity contribution in [1.29, 1.82) is 5.26 Å². The van der Waals surface area contributed by atoms with Crippen LogP contribution in [0.25, 0.3) is 11.0 Å². The number of rotatable bonds is 5. The molecule has 1 aromatic heterocycles. The second kappa shape index (κ2) is 8.05. The maximum atomic E-state index is 12.7. The highest BCUT2D eigenvalue weighted by Gasteiger charge is 2.30. The first-order valence-corrected chi connectivity index (χ1v) is 9.38. The fourth-order valence-corrected chi connectivity index (χ4v) is 3.40. The highest BCUT2D eigenvalue weighted by Crippen LogP contribution is 2.30. The molecule has 1 fully saturated rings. The Hall–Kier alpha value is -3.46. The summed E-state index contributed by atoms with van der Waals surface area (Å²) in [6.07, 6.45) is 2.12. The molecule has 2 aromatic carbocycles. The zero-order chi connectivity index (χ0) is 19.3. The first kappa shape index (κ1) is 17.9. The Morgan fingerprint density at radius 3 is 2.36 bits per heavy atom. The number of para-hydroxylation sites is 2. The minimum atomic E-state index is -1.11. The molecule has 6 nitrogen and oxygen atoms in total. The first-order valence-electron chi connectivity index (χ1n) is 9.38. The van der Waals surface area contributed by atoms with E-state index in [-0.39, 0.29) is 6.61 Å². The van der Waals surface area contributed by atoms with Crippen molar-refractivity contribution in [3.05, 3.63) is 65.9 Å². The van der Waals surface area contributed by atoms with Crippen molar-refractivity contribution in [1.82, 2.24) is 9.97 Å². The zero-order valence-corrected chi connectivity index (χ0v) is 15.4. The van der Waals surface area contributed by atoms with Crippen LogP contribution in [0.4, 0.5) is 5.82 Å². The van der Waals surface area contributed by atoms with Crippen LogP contribution in [0.2, 0.25) is 0 Å². The molecule has 0 aliphatic carbocycles. The maximum absolute atomic E-state index is 12.7. The van der Waals surface area contributed by atoms with Crippen LogP contribution in [0, 0.1) is 11.3 Å². The van der Waals surface area contributed by atoms with Gasteiger partial charge in [0.2, 0.25) is 0 Å². The number of benzene rings is 2. The molecule has 0 spiro atoms. The minimum Gasteiger partial charge on any atom is -0.460 e. The van der Waals surface area contributed by atoms with Gasteiger partial charge < -0.3 is 9.64 Å². The van der Waals surface area contributed by atoms with E-state index >= 15 is 0 Å². The number of nitriles is 1. The van der Waals surface area contributed by atoms with Crippen molar-refractivity contribution >= 4 is 22.8 Å². The molecule has 140 valence electrons. The maximum Gasteiger partial charge on any atom is 0.330 e. The molecule has 28 heavy (non-hydrogen) atoms. The molecule has 1 saturated heterocycles. The van der Waals surface area contributed by atoms with Crippen molar-refractivity contribution in [3.63, 3.8) is 0 Å². The number of carbonyl (C=O) groups is 1. The summed E-state index contributed by atoms with van der Waals surface area (Å²) < 4.78 is 5.42. The van der Waals surface area contributed by atoms with Gasteiger partial charge in [-0.15, -0.1) is 0 Å². The molecule has 0 bridgehead atoms. The number of carbonyl (C=O) groups excluding carboxylic acids is 1. The lowest BCUT2D eigenvalue weighted by Crippen LogP contribution is -2.25. The summed E-state index contributed by atoms with van der Waals surface area (Å²) in [6.45, 7) is 1.81. The molecule has 3 aromatic rings. The van der Waals surface area contributed by atoms with Gasteiger partial charge in [-0.3, -0.25) is 4.79 Å². The predicted molar refractivity (Wildman–Crippen MR) is 106 cm³/mol. The first-order chi connectivity index (χ1) is 13.8. The lowest BCUT2D eigenvalue weighted by Gasteiger charge is -2.21. The molecule has 2 heterocycles. The fourth-order valence-electron chi connectivity index (χ4n) is 3.40. The third-order valence-corrected chi connectivity index (χ3v) is 4.85. The van der Waals surface area contributed by atoms with Crippen LogP contribution in [-0.4, -0.2) is 29.0 Å². The molecule has 4 rings (SSSR count). The summed E-state index contributed by atoms with van der Waals surface area (Å²) in [4.78, 5) is 24.2. The number of hydrogen-bond acceptors (Lipinski definition) is 6. The highest BCUT2D eigenvalue weighted by atomic mass is 16.5. The molecule has 0 N–H and O–H groups in total. The number of fused-ring (bicyclic) bond motifs is 1. The van der Waals surface area contributed by atoms with Crippen molar-refractivity contribution in [2.24, 2.45) is 0 Å². The van der Waals surface area contributed by atoms with Crippen LogP contribution in [-0.2, 0) is 16.1 Å². The molecule has 1 aliphatic heterocycles. The lowest BCUT2D eigenvalue weighted by atomic mass is 10.1. The summed E-state index contributed by atoms with van der Waals surface area (Å²) in [7, 11) is 0. The van der Waals surface area contributed by atoms with E-state index in [1.807, 2.05) is 54.6 Å². The standard InChI is InChI=1S/C22H20N4O2/c23-14-17(22(27)28-15-16-8-2-1-3-9-16)20-21(26-12-6-7-13-26)25-19-11-5-4-10-18(19)24-20/h1-5,8-11,17H,6-7,12-13,15H2. The summed E-state index contributed by atoms with van der Waals surface area (Å²) in [6, 6.07) is 19.0. The van der Waals surface area contributed by atoms with E-state index in [0.29, 0.717) is 17.0 Å². The second-order valence-corrected chi connectivity index (χ2v) is 6.77. The van der Waals surface area contributed by atoms with Gasteiger partial charge in [0.25, 0.3) is 0 Å². The molecule has 1 atom stereocenters. The van der Waals surface area contributed by atoms with Gasteiger partial charge in [-0.1, -0.05) is 42.5 Å². The average molecular weight is 372 g/mol. The largest absolute Gasteiger partial charge is 0.460 e. The van der Waals surface area contributed by atoms with Crippen LogP contribution in [0.1, 0.15) is 30.0 Å². The van der Waals surface area contributed by atoms with Crippen LogP contribution in [0.5, 0.6) is 0 Å². The quantitative estimate of drug-likeness (QED) is 0.637. The number of ether oxygens (including phenoxy) is 1. The molecule has 0 saturated carbocycles. The summed E-state index contributed by atoms with van der Waals surface area (Å²) in [5.74, 6) is -1.10. The number of aromatic nitrogens is 2. The van der Waals surface area contributed by atoms with E-state index in [1.165, 1.54) is 0 Å². The third-order valence-electron chi connectivity index (χ3n) is 4.85. The van der Waals surface area contributed by atoms with Gasteiger partial charge in [0.05, 0.1) is 17.1 Å². The SMILES string of the molecule is N#CC(C(=O)OCc1ccccc1)c1nc2ccccc2nc1N1CCCC1. The Labute approximate surface area is 163 Å². The van der Waals surface area contributed by atoms with Crippen LogP contribution in [0.3, 0.4) is 0 Å². The smallest absolute Gasteiger partial charge is 0.330 e. The zero-order valence-electron chi connectivity index (χ0n) is 15.4. The summed E-state index contributed by atoms with van der Waals surface area (Å²) in [5, 5.41) is 9.75.